The Bertz CT molecular complexity index is 2060. The van der Waals surface area contributed by atoms with Crippen molar-refractivity contribution in [2.24, 2.45) is 0 Å². The first-order chi connectivity index (χ1) is 22.2. The first-order valence-electron chi connectivity index (χ1n) is 14.2. The van der Waals surface area contributed by atoms with Crippen LogP contribution in [0.3, 0.4) is 0 Å². The molecule has 0 unspecified atom stereocenters. The van der Waals surface area contributed by atoms with Crippen LogP contribution in [0.25, 0.3) is 22.2 Å². The summed E-state index contributed by atoms with van der Waals surface area (Å²) in [7, 11) is -0.656. The Balaban J connectivity index is 1.38. The number of anilines is 4. The lowest BCUT2D eigenvalue weighted by Gasteiger charge is -2.20. The number of aromatic nitrogens is 4. The predicted octanol–water partition coefficient (Wildman–Crippen LogP) is 5.93. The highest BCUT2D eigenvalue weighted by Crippen LogP contribution is 2.35. The summed E-state index contributed by atoms with van der Waals surface area (Å²) in [5.41, 5.74) is 3.32. The van der Waals surface area contributed by atoms with Crippen molar-refractivity contribution in [2.75, 3.05) is 35.3 Å². The Kier molecular flexibility index (Phi) is 9.19. The predicted molar refractivity (Wildman–Crippen MR) is 176 cm³/mol. The van der Waals surface area contributed by atoms with Gasteiger partial charge >= 0.3 is 6.18 Å². The maximum Gasteiger partial charge on any atom is 0.421 e. The molecule has 5 rings (SSSR count). The number of pyridine rings is 1. The number of H-pyrrole nitrogens is 1. The van der Waals surface area contributed by atoms with Gasteiger partial charge in [0.2, 0.25) is 21.9 Å². The van der Waals surface area contributed by atoms with E-state index in [4.69, 9.17) is 0 Å². The minimum atomic E-state index is -4.75. The summed E-state index contributed by atoms with van der Waals surface area (Å²) in [6.07, 6.45) is -0.410. The number of sulfonamides is 1. The Morgan fingerprint density at radius 3 is 2.57 bits per heavy atom. The fourth-order valence-electron chi connectivity index (χ4n) is 4.81. The van der Waals surface area contributed by atoms with Gasteiger partial charge in [-0.1, -0.05) is 30.8 Å². The van der Waals surface area contributed by atoms with E-state index in [9.17, 15) is 26.4 Å². The van der Waals surface area contributed by atoms with Crippen LogP contribution in [-0.4, -0.2) is 59.5 Å². The zero-order valence-corrected chi connectivity index (χ0v) is 26.4. The molecule has 0 spiro atoms. The summed E-state index contributed by atoms with van der Waals surface area (Å²) in [6, 6.07) is 18.2. The van der Waals surface area contributed by atoms with Gasteiger partial charge in [-0.2, -0.15) is 18.2 Å². The molecule has 0 aliphatic heterocycles. The highest BCUT2D eigenvalue weighted by atomic mass is 32.2. The van der Waals surface area contributed by atoms with Crippen molar-refractivity contribution in [3.8, 4) is 11.3 Å². The van der Waals surface area contributed by atoms with Crippen molar-refractivity contribution in [3.63, 3.8) is 0 Å². The molecule has 0 saturated heterocycles. The van der Waals surface area contributed by atoms with Crippen LogP contribution in [0.15, 0.2) is 85.7 Å². The molecule has 3 heterocycles. The smallest absolute Gasteiger partial charge is 0.365 e. The number of alkyl halides is 3. The number of hydrogen-bond acceptors (Lipinski definition) is 8. The van der Waals surface area contributed by atoms with Crippen molar-refractivity contribution < 1.29 is 26.4 Å². The van der Waals surface area contributed by atoms with Crippen LogP contribution in [0.2, 0.25) is 0 Å². The summed E-state index contributed by atoms with van der Waals surface area (Å²) < 4.78 is 66.7. The lowest BCUT2D eigenvalue weighted by Crippen LogP contribution is -2.27. The Morgan fingerprint density at radius 2 is 1.85 bits per heavy atom. The average Bonchev–Trinajstić information content (AvgIpc) is 3.46. The van der Waals surface area contributed by atoms with Crippen LogP contribution in [0.5, 0.6) is 0 Å². The number of halogens is 3. The van der Waals surface area contributed by atoms with E-state index in [-0.39, 0.29) is 24.2 Å². The molecule has 1 amide bonds. The summed E-state index contributed by atoms with van der Waals surface area (Å²) >= 11 is 0. The highest BCUT2D eigenvalue weighted by Gasteiger charge is 2.35. The second-order valence-electron chi connectivity index (χ2n) is 10.7. The number of aromatic amines is 1. The van der Waals surface area contributed by atoms with Gasteiger partial charge in [-0.05, 0) is 53.6 Å². The van der Waals surface area contributed by atoms with E-state index in [0.717, 1.165) is 38.3 Å². The molecule has 47 heavy (non-hydrogen) atoms. The van der Waals surface area contributed by atoms with Crippen molar-refractivity contribution in [1.29, 1.82) is 0 Å². The van der Waals surface area contributed by atoms with Crippen molar-refractivity contribution >= 4 is 50.1 Å². The summed E-state index contributed by atoms with van der Waals surface area (Å²) in [5.74, 6) is -0.677. The van der Waals surface area contributed by atoms with Crippen LogP contribution in [0, 0.1) is 0 Å². The normalized spacial score (nSPS) is 11.7. The van der Waals surface area contributed by atoms with Crippen LogP contribution in [0.4, 0.5) is 36.4 Å². The third kappa shape index (κ3) is 7.69. The van der Waals surface area contributed by atoms with E-state index in [2.05, 4.69) is 37.1 Å². The maximum absolute atomic E-state index is 13.9. The second-order valence-corrected chi connectivity index (χ2v) is 12.7. The van der Waals surface area contributed by atoms with Crippen molar-refractivity contribution in [3.05, 3.63) is 102 Å². The first-order valence-corrected chi connectivity index (χ1v) is 16.0. The maximum atomic E-state index is 13.9. The highest BCUT2D eigenvalue weighted by molar-refractivity contribution is 7.92. The van der Waals surface area contributed by atoms with E-state index in [0.29, 0.717) is 24.0 Å². The molecule has 244 valence electrons. The quantitative estimate of drug-likeness (QED) is 0.148. The van der Waals surface area contributed by atoms with Crippen molar-refractivity contribution in [2.45, 2.75) is 19.3 Å². The molecule has 3 aromatic heterocycles. The molecule has 11 nitrogen and oxygen atoms in total. The third-order valence-electron chi connectivity index (χ3n) is 7.29. The topological polar surface area (TPSA) is 136 Å². The fourth-order valence-corrected chi connectivity index (χ4v) is 5.29. The van der Waals surface area contributed by atoms with Gasteiger partial charge in [-0.3, -0.25) is 9.10 Å². The molecule has 2 aromatic carbocycles. The van der Waals surface area contributed by atoms with Gasteiger partial charge in [0.25, 0.3) is 0 Å². The monoisotopic (exact) mass is 664 g/mol. The molecule has 0 bridgehead atoms. The minimum Gasteiger partial charge on any atom is -0.365 e. The number of hydrogen-bond donors (Lipinski definition) is 3. The first kappa shape index (κ1) is 32.9. The summed E-state index contributed by atoms with van der Waals surface area (Å²) in [5, 5.41) is 6.48. The fraction of sp³-hybridized carbons (Fsp3) is 0.188. The molecule has 0 radical (unpaired) electrons. The van der Waals surface area contributed by atoms with E-state index in [1.54, 1.807) is 30.1 Å². The Labute approximate surface area is 269 Å². The number of likely N-dealkylation sites (N-methyl/N-ethyl adjacent to an activating group) is 1. The van der Waals surface area contributed by atoms with Crippen LogP contribution >= 0.6 is 0 Å². The molecule has 0 atom stereocenters. The van der Waals surface area contributed by atoms with Crippen molar-refractivity contribution in [1.82, 2.24) is 24.8 Å². The van der Waals surface area contributed by atoms with Gasteiger partial charge < -0.3 is 20.5 Å². The molecular weight excluding hydrogens is 633 g/mol. The molecule has 5 aromatic rings. The standard InChI is InChI=1S/C32H31F3N8O3S/c1-5-28(44)42(2)19-20-8-6-9-21(14-20)27-16-23-15-24(11-12-26(23)40-27)39-31-38-18-25(32(33,34)35)29(41-31)37-17-22-10-7-13-36-30(22)43(3)47(4,45)46/h5-16,18,40H,1,17,19H2,2-4H3,(H2,37,38,39,41). The molecule has 0 fully saturated rings. The number of carbonyl (C=O) groups is 1. The Hall–Kier alpha value is -5.44. The van der Waals surface area contributed by atoms with E-state index in [1.807, 2.05) is 42.5 Å². The third-order valence-corrected chi connectivity index (χ3v) is 8.46. The van der Waals surface area contributed by atoms with Crippen LogP contribution in [-0.2, 0) is 34.1 Å². The molecule has 0 aliphatic rings. The van der Waals surface area contributed by atoms with E-state index < -0.39 is 27.6 Å². The largest absolute Gasteiger partial charge is 0.421 e. The van der Waals surface area contributed by atoms with E-state index >= 15 is 0 Å². The van der Waals surface area contributed by atoms with Crippen LogP contribution < -0.4 is 14.9 Å². The average molecular weight is 665 g/mol. The van der Waals surface area contributed by atoms with Gasteiger partial charge in [-0.15, -0.1) is 0 Å². The number of benzene rings is 2. The van der Waals surface area contributed by atoms with Crippen LogP contribution in [0.1, 0.15) is 16.7 Å². The lowest BCUT2D eigenvalue weighted by atomic mass is 10.1. The second kappa shape index (κ2) is 13.1. The number of rotatable bonds is 11. The molecular formula is C32H31F3N8O3S. The number of carbonyl (C=O) groups excluding carboxylic acids is 1. The number of nitrogens with one attached hydrogen (secondary N) is 3. The molecule has 0 aliphatic carbocycles. The van der Waals surface area contributed by atoms with Gasteiger partial charge in [0, 0.05) is 67.4 Å². The molecule has 0 saturated carbocycles. The van der Waals surface area contributed by atoms with Gasteiger partial charge in [0.1, 0.15) is 17.2 Å². The number of nitrogens with zero attached hydrogens (tertiary/aromatic N) is 5. The zero-order chi connectivity index (χ0) is 33.9. The van der Waals surface area contributed by atoms with Gasteiger partial charge in [0.05, 0.1) is 6.26 Å². The Morgan fingerprint density at radius 1 is 1.06 bits per heavy atom. The van der Waals surface area contributed by atoms with E-state index in [1.165, 1.54) is 19.3 Å². The lowest BCUT2D eigenvalue weighted by molar-refractivity contribution is -0.137. The molecule has 3 N–H and O–H groups in total. The van der Waals surface area contributed by atoms with Gasteiger partial charge in [0.15, 0.2) is 0 Å². The molecule has 15 heteroatoms. The zero-order valence-electron chi connectivity index (χ0n) is 25.6. The SMILES string of the molecule is C=CC(=O)N(C)Cc1cccc(-c2cc3cc(Nc4ncc(C(F)(F)F)c(NCc5cccnc5N(C)S(C)(=O)=O)n4)ccc3[nH]2)c1. The number of amides is 1. The van der Waals surface area contributed by atoms with Gasteiger partial charge in [-0.25, -0.2) is 18.4 Å². The minimum absolute atomic E-state index is 0.0736. The number of fused-ring (bicyclic) bond motifs is 1. The summed E-state index contributed by atoms with van der Waals surface area (Å²) in [4.78, 5) is 28.9. The summed E-state index contributed by atoms with van der Waals surface area (Å²) in [6.45, 7) is 3.74.